The average molecular weight is 341 g/mol. The van der Waals surface area contributed by atoms with Crippen molar-refractivity contribution in [3.63, 3.8) is 0 Å². The second-order valence-corrected chi connectivity index (χ2v) is 7.00. The van der Waals surface area contributed by atoms with Gasteiger partial charge in [-0.3, -0.25) is 0 Å². The molecule has 2 atom stereocenters. The summed E-state index contributed by atoms with van der Waals surface area (Å²) < 4.78 is 10.2. The molecule has 1 heterocycles. The third-order valence-corrected chi connectivity index (χ3v) is 4.90. The van der Waals surface area contributed by atoms with Crippen LogP contribution in [0, 0.1) is 0 Å². The van der Waals surface area contributed by atoms with E-state index in [0.29, 0.717) is 5.57 Å². The van der Waals surface area contributed by atoms with Gasteiger partial charge in [0.2, 0.25) is 5.79 Å². The fourth-order valence-corrected chi connectivity index (χ4v) is 3.11. The average Bonchev–Trinajstić information content (AvgIpc) is 2.79. The van der Waals surface area contributed by atoms with E-state index in [0.717, 1.165) is 12.8 Å². The van der Waals surface area contributed by atoms with Gasteiger partial charge in [-0.2, -0.15) is 0 Å². The minimum Gasteiger partial charge on any atom is -0.427 e. The molecule has 0 aromatic carbocycles. The van der Waals surface area contributed by atoms with E-state index in [1.165, 1.54) is 71.3 Å². The summed E-state index contributed by atoms with van der Waals surface area (Å²) in [7, 11) is 1.43. The van der Waals surface area contributed by atoms with Crippen LogP contribution in [0.5, 0.6) is 0 Å². The highest BCUT2D eigenvalue weighted by Gasteiger charge is 2.48. The number of ether oxygens (including phenoxy) is 2. The molecule has 0 aromatic rings. The Morgan fingerprint density at radius 2 is 1.54 bits per heavy atom. The van der Waals surface area contributed by atoms with Crippen LogP contribution in [0.2, 0.25) is 0 Å². The molecular formula is C20H36O4. The van der Waals surface area contributed by atoms with E-state index in [2.05, 4.69) is 6.92 Å². The van der Waals surface area contributed by atoms with Crippen molar-refractivity contribution in [2.24, 2.45) is 0 Å². The Balaban J connectivity index is 2.05. The Labute approximate surface area is 147 Å². The number of cyclic esters (lactones) is 1. The van der Waals surface area contributed by atoms with E-state index < -0.39 is 17.9 Å². The van der Waals surface area contributed by atoms with E-state index in [9.17, 15) is 9.90 Å². The lowest BCUT2D eigenvalue weighted by Crippen LogP contribution is -2.38. The van der Waals surface area contributed by atoms with Gasteiger partial charge in [-0.05, 0) is 12.8 Å². The van der Waals surface area contributed by atoms with Gasteiger partial charge in [0, 0.05) is 14.0 Å². The number of aliphatic hydroxyl groups excluding tert-OH is 1. The molecule has 1 aliphatic heterocycles. The number of hydrogen-bond donors (Lipinski definition) is 1. The molecule has 1 aliphatic rings. The topological polar surface area (TPSA) is 55.8 Å². The number of aliphatic hydroxyl groups is 1. The van der Waals surface area contributed by atoms with Gasteiger partial charge in [0.25, 0.3) is 0 Å². The molecule has 0 unspecified atom stereocenters. The summed E-state index contributed by atoms with van der Waals surface area (Å²) in [5.41, 5.74) is 0.339. The van der Waals surface area contributed by atoms with Gasteiger partial charge in [-0.15, -0.1) is 0 Å². The number of methoxy groups -OCH3 is 1. The predicted octanol–water partition coefficient (Wildman–Crippen LogP) is 4.89. The highest BCUT2D eigenvalue weighted by Crippen LogP contribution is 2.32. The quantitative estimate of drug-likeness (QED) is 0.294. The Bertz CT molecular complexity index is 391. The predicted molar refractivity (Wildman–Crippen MR) is 96.7 cm³/mol. The number of carbonyl (C=O) groups is 1. The first kappa shape index (κ1) is 21.2. The van der Waals surface area contributed by atoms with Crippen molar-refractivity contribution in [1.29, 1.82) is 0 Å². The summed E-state index contributed by atoms with van der Waals surface area (Å²) in [6, 6.07) is 0. The lowest BCUT2D eigenvalue weighted by Gasteiger charge is -2.23. The number of esters is 1. The Morgan fingerprint density at radius 3 is 2.00 bits per heavy atom. The maximum Gasteiger partial charge on any atom is 0.339 e. The minimum atomic E-state index is -1.24. The Hall–Kier alpha value is -0.870. The van der Waals surface area contributed by atoms with Crippen LogP contribution >= 0.6 is 0 Å². The lowest BCUT2D eigenvalue weighted by atomic mass is 10.0. The maximum atomic E-state index is 11.8. The van der Waals surface area contributed by atoms with Gasteiger partial charge >= 0.3 is 5.97 Å². The zero-order valence-electron chi connectivity index (χ0n) is 15.8. The molecule has 0 radical (unpaired) electrons. The molecule has 1 saturated heterocycles. The van der Waals surface area contributed by atoms with Gasteiger partial charge < -0.3 is 14.6 Å². The fourth-order valence-electron chi connectivity index (χ4n) is 3.11. The molecule has 1 N–H and O–H groups in total. The molecule has 0 saturated carbocycles. The SMILES string of the molecule is CCCCCCCCCCCCC/C=C1\C(=O)O[C@@](C)(OC)[C@@H]1O. The number of carbonyl (C=O) groups excluding carboxylic acids is 1. The minimum absolute atomic E-state index is 0.339. The molecule has 0 aromatic heterocycles. The molecule has 0 bridgehead atoms. The molecule has 1 rings (SSSR count). The summed E-state index contributed by atoms with van der Waals surface area (Å²) in [6.45, 7) is 3.83. The van der Waals surface area contributed by atoms with Crippen LogP contribution in [0.25, 0.3) is 0 Å². The van der Waals surface area contributed by atoms with E-state index >= 15 is 0 Å². The zero-order chi connectivity index (χ0) is 17.8. The van der Waals surface area contributed by atoms with Crippen LogP contribution < -0.4 is 0 Å². The molecule has 4 heteroatoms. The fraction of sp³-hybridized carbons (Fsp3) is 0.850. The highest BCUT2D eigenvalue weighted by atomic mass is 16.7. The van der Waals surface area contributed by atoms with E-state index in [1.54, 1.807) is 6.92 Å². The normalized spacial score (nSPS) is 25.4. The van der Waals surface area contributed by atoms with Crippen LogP contribution in [-0.2, 0) is 14.3 Å². The Kier molecular flexibility index (Phi) is 10.3. The smallest absolute Gasteiger partial charge is 0.339 e. The zero-order valence-corrected chi connectivity index (χ0v) is 15.8. The molecule has 4 nitrogen and oxygen atoms in total. The highest BCUT2D eigenvalue weighted by molar-refractivity contribution is 5.92. The first-order valence-electron chi connectivity index (χ1n) is 9.71. The van der Waals surface area contributed by atoms with Gasteiger partial charge in [-0.1, -0.05) is 77.2 Å². The van der Waals surface area contributed by atoms with Gasteiger partial charge in [0.05, 0.1) is 5.57 Å². The first-order chi connectivity index (χ1) is 11.5. The second kappa shape index (κ2) is 11.6. The summed E-state index contributed by atoms with van der Waals surface area (Å²) in [4.78, 5) is 11.8. The van der Waals surface area contributed by atoms with Crippen LogP contribution in [0.1, 0.15) is 90.9 Å². The van der Waals surface area contributed by atoms with Crippen molar-refractivity contribution in [3.8, 4) is 0 Å². The van der Waals surface area contributed by atoms with Crippen LogP contribution in [0.4, 0.5) is 0 Å². The van der Waals surface area contributed by atoms with Crippen LogP contribution in [0.3, 0.4) is 0 Å². The van der Waals surface area contributed by atoms with E-state index in [4.69, 9.17) is 9.47 Å². The molecular weight excluding hydrogens is 304 g/mol. The van der Waals surface area contributed by atoms with Crippen LogP contribution in [-0.4, -0.2) is 30.1 Å². The molecule has 0 aliphatic carbocycles. The van der Waals surface area contributed by atoms with Crippen molar-refractivity contribution in [2.45, 2.75) is 103 Å². The lowest BCUT2D eigenvalue weighted by molar-refractivity contribution is -0.218. The third kappa shape index (κ3) is 6.94. The van der Waals surface area contributed by atoms with Gasteiger partial charge in [0.15, 0.2) is 6.10 Å². The van der Waals surface area contributed by atoms with Crippen molar-refractivity contribution in [2.75, 3.05) is 7.11 Å². The number of allylic oxidation sites excluding steroid dienone is 1. The third-order valence-electron chi connectivity index (χ3n) is 4.90. The standard InChI is InChI=1S/C20H36O4/c1-4-5-6-7-8-9-10-11-12-13-14-15-16-17-18(21)20(2,23-3)24-19(17)22/h16,18,21H,4-15H2,1-3H3/b17-16-/t18-,20-/m1/s1. The van der Waals surface area contributed by atoms with Crippen molar-refractivity contribution < 1.29 is 19.4 Å². The summed E-state index contributed by atoms with van der Waals surface area (Å²) in [5, 5.41) is 10.1. The van der Waals surface area contributed by atoms with Crippen LogP contribution in [0.15, 0.2) is 11.6 Å². The summed E-state index contributed by atoms with van der Waals surface area (Å²) >= 11 is 0. The van der Waals surface area contributed by atoms with E-state index in [-0.39, 0.29) is 0 Å². The van der Waals surface area contributed by atoms with Crippen molar-refractivity contribution >= 4 is 5.97 Å². The molecule has 140 valence electrons. The molecule has 0 amide bonds. The van der Waals surface area contributed by atoms with Crippen molar-refractivity contribution in [3.05, 3.63) is 11.6 Å². The summed E-state index contributed by atoms with van der Waals surface area (Å²) in [5.74, 6) is -1.70. The van der Waals surface area contributed by atoms with Crippen molar-refractivity contribution in [1.82, 2.24) is 0 Å². The number of rotatable bonds is 13. The number of hydrogen-bond acceptors (Lipinski definition) is 4. The number of unbranched alkanes of at least 4 members (excludes halogenated alkanes) is 11. The van der Waals surface area contributed by atoms with Gasteiger partial charge in [-0.25, -0.2) is 4.79 Å². The molecule has 0 spiro atoms. The first-order valence-corrected chi connectivity index (χ1v) is 9.71. The molecule has 24 heavy (non-hydrogen) atoms. The Morgan fingerprint density at radius 1 is 1.04 bits per heavy atom. The van der Waals surface area contributed by atoms with Gasteiger partial charge in [0.1, 0.15) is 0 Å². The summed E-state index contributed by atoms with van der Waals surface area (Å²) in [6.07, 6.45) is 15.9. The van der Waals surface area contributed by atoms with E-state index in [1.807, 2.05) is 6.08 Å². The largest absolute Gasteiger partial charge is 0.427 e. The second-order valence-electron chi connectivity index (χ2n) is 7.00. The molecule has 1 fully saturated rings. The monoisotopic (exact) mass is 340 g/mol. The maximum absolute atomic E-state index is 11.8.